The number of hydrogen-bond acceptors (Lipinski definition) is 2. The Labute approximate surface area is 139 Å². The molecule has 0 unspecified atom stereocenters. The molecule has 0 amide bonds. The lowest BCUT2D eigenvalue weighted by molar-refractivity contribution is 0.768. The van der Waals surface area contributed by atoms with Crippen molar-refractivity contribution in [1.29, 1.82) is 0 Å². The van der Waals surface area contributed by atoms with Gasteiger partial charge in [-0.2, -0.15) is 10.2 Å². The lowest BCUT2D eigenvalue weighted by atomic mass is 9.97. The van der Waals surface area contributed by atoms with Crippen molar-refractivity contribution in [3.63, 3.8) is 0 Å². The van der Waals surface area contributed by atoms with Gasteiger partial charge in [-0.1, -0.05) is 30.3 Å². The highest BCUT2D eigenvalue weighted by Gasteiger charge is 2.15. The fourth-order valence-corrected chi connectivity index (χ4v) is 3.00. The second-order valence-electron chi connectivity index (χ2n) is 5.82. The maximum atomic E-state index is 7.53. The third kappa shape index (κ3) is 2.17. The summed E-state index contributed by atoms with van der Waals surface area (Å²) in [6.45, 7) is 9.59. The average molecular weight is 313 g/mol. The standard InChI is InChI=1S/C19H15N5/c1-12-6-4-5-7-14(12)15-8-16-18(9-17(15)20-2)22-23-19(16)13-10-21-24(3)11-13/h4-11H,1,3H3,(H,22,23). The molecular formula is C19H15N5. The molecule has 0 saturated heterocycles. The van der Waals surface area contributed by atoms with Gasteiger partial charge in [0.25, 0.3) is 0 Å². The van der Waals surface area contributed by atoms with E-state index in [-0.39, 0.29) is 0 Å². The van der Waals surface area contributed by atoms with Crippen molar-refractivity contribution in [1.82, 2.24) is 20.0 Å². The minimum atomic E-state index is 0.623. The van der Waals surface area contributed by atoms with Crippen LogP contribution in [0.4, 0.5) is 5.69 Å². The average Bonchev–Trinajstić information content (AvgIpc) is 3.19. The summed E-state index contributed by atoms with van der Waals surface area (Å²) < 4.78 is 1.76. The third-order valence-corrected chi connectivity index (χ3v) is 4.21. The van der Waals surface area contributed by atoms with Crippen molar-refractivity contribution in [2.24, 2.45) is 7.05 Å². The number of fused-ring (bicyclic) bond motifs is 1. The summed E-state index contributed by atoms with van der Waals surface area (Å²) in [6.07, 6.45) is 3.73. The van der Waals surface area contributed by atoms with Gasteiger partial charge in [0.05, 0.1) is 18.3 Å². The van der Waals surface area contributed by atoms with Gasteiger partial charge in [-0.05, 0) is 29.7 Å². The van der Waals surface area contributed by atoms with E-state index in [9.17, 15) is 0 Å². The number of nitrogens with one attached hydrogen (secondary N) is 1. The summed E-state index contributed by atoms with van der Waals surface area (Å²) in [6, 6.07) is 12.0. The van der Waals surface area contributed by atoms with Gasteiger partial charge in [0.15, 0.2) is 5.69 Å². The zero-order valence-electron chi connectivity index (χ0n) is 13.4. The number of nitrogens with zero attached hydrogens (tertiary/aromatic N) is 4. The van der Waals surface area contributed by atoms with E-state index in [1.807, 2.05) is 31.4 Å². The van der Waals surface area contributed by atoms with Gasteiger partial charge < -0.3 is 0 Å². The SMILES string of the molecule is [C-]#[N+]c1cc2[nH]nc(-c3cnn(C)c3)c2cc1-c1ccccc1C. The van der Waals surface area contributed by atoms with E-state index in [2.05, 4.69) is 45.3 Å². The number of aryl methyl sites for hydroxylation is 2. The van der Waals surface area contributed by atoms with Crippen LogP contribution in [0.25, 0.3) is 38.1 Å². The Kier molecular flexibility index (Phi) is 3.17. The van der Waals surface area contributed by atoms with E-state index in [1.54, 1.807) is 10.9 Å². The van der Waals surface area contributed by atoms with Crippen LogP contribution in [-0.4, -0.2) is 20.0 Å². The summed E-state index contributed by atoms with van der Waals surface area (Å²) >= 11 is 0. The van der Waals surface area contributed by atoms with Gasteiger partial charge in [0.2, 0.25) is 0 Å². The van der Waals surface area contributed by atoms with E-state index >= 15 is 0 Å². The molecule has 0 fully saturated rings. The van der Waals surface area contributed by atoms with Crippen molar-refractivity contribution in [2.45, 2.75) is 6.92 Å². The topological polar surface area (TPSA) is 50.9 Å². The van der Waals surface area contributed by atoms with Crippen LogP contribution in [0, 0.1) is 13.5 Å². The lowest BCUT2D eigenvalue weighted by Gasteiger charge is -2.08. The molecule has 0 bridgehead atoms. The highest BCUT2D eigenvalue weighted by molar-refractivity contribution is 6.00. The molecule has 0 atom stereocenters. The molecule has 0 aliphatic rings. The van der Waals surface area contributed by atoms with Crippen LogP contribution in [-0.2, 0) is 7.05 Å². The summed E-state index contributed by atoms with van der Waals surface area (Å²) in [5.41, 5.74) is 6.44. The first-order valence-corrected chi connectivity index (χ1v) is 7.62. The molecule has 2 aromatic heterocycles. The monoisotopic (exact) mass is 313 g/mol. The molecule has 2 aromatic carbocycles. The van der Waals surface area contributed by atoms with Gasteiger partial charge in [-0.25, -0.2) is 4.85 Å². The van der Waals surface area contributed by atoms with E-state index in [0.29, 0.717) is 5.69 Å². The first-order chi connectivity index (χ1) is 11.7. The van der Waals surface area contributed by atoms with E-state index < -0.39 is 0 Å². The van der Waals surface area contributed by atoms with E-state index in [4.69, 9.17) is 6.57 Å². The molecule has 116 valence electrons. The Balaban J connectivity index is 2.00. The number of H-pyrrole nitrogens is 1. The summed E-state index contributed by atoms with van der Waals surface area (Å²) in [4.78, 5) is 3.71. The lowest BCUT2D eigenvalue weighted by Crippen LogP contribution is -1.85. The summed E-state index contributed by atoms with van der Waals surface area (Å²) in [5, 5.41) is 12.7. The smallest absolute Gasteiger partial charge is 0.197 e. The Morgan fingerprint density at radius 2 is 2.00 bits per heavy atom. The van der Waals surface area contributed by atoms with Gasteiger partial charge in [0, 0.05) is 24.2 Å². The minimum Gasteiger partial charge on any atom is -0.278 e. The Bertz CT molecular complexity index is 1090. The highest BCUT2D eigenvalue weighted by Crippen LogP contribution is 2.38. The van der Waals surface area contributed by atoms with Crippen molar-refractivity contribution in [2.75, 3.05) is 0 Å². The van der Waals surface area contributed by atoms with Crippen LogP contribution in [0.1, 0.15) is 5.56 Å². The predicted octanol–water partition coefficient (Wildman–Crippen LogP) is 4.49. The van der Waals surface area contributed by atoms with Gasteiger partial charge in [-0.3, -0.25) is 9.78 Å². The normalized spacial score (nSPS) is 10.9. The van der Waals surface area contributed by atoms with Crippen LogP contribution in [0.5, 0.6) is 0 Å². The van der Waals surface area contributed by atoms with Crippen molar-refractivity contribution in [3.05, 3.63) is 65.8 Å². The quantitative estimate of drug-likeness (QED) is 0.554. The molecule has 0 radical (unpaired) electrons. The fraction of sp³-hybridized carbons (Fsp3) is 0.105. The second-order valence-corrected chi connectivity index (χ2v) is 5.82. The Morgan fingerprint density at radius 3 is 2.71 bits per heavy atom. The highest BCUT2D eigenvalue weighted by atomic mass is 15.2. The summed E-state index contributed by atoms with van der Waals surface area (Å²) in [5.74, 6) is 0. The third-order valence-electron chi connectivity index (χ3n) is 4.21. The first kappa shape index (κ1) is 14.2. The number of benzene rings is 2. The van der Waals surface area contributed by atoms with Crippen LogP contribution >= 0.6 is 0 Å². The zero-order valence-corrected chi connectivity index (χ0v) is 13.4. The zero-order chi connectivity index (χ0) is 16.7. The van der Waals surface area contributed by atoms with Gasteiger partial charge in [0.1, 0.15) is 5.69 Å². The van der Waals surface area contributed by atoms with E-state index in [1.165, 1.54) is 0 Å². The molecule has 5 heteroatoms. The van der Waals surface area contributed by atoms with Crippen molar-refractivity contribution < 1.29 is 0 Å². The molecule has 0 spiro atoms. The van der Waals surface area contributed by atoms with Gasteiger partial charge in [-0.15, -0.1) is 0 Å². The Hall–Kier alpha value is -3.39. The first-order valence-electron chi connectivity index (χ1n) is 7.62. The molecule has 4 aromatic rings. The maximum absolute atomic E-state index is 7.53. The number of hydrogen-bond donors (Lipinski definition) is 1. The Morgan fingerprint density at radius 1 is 1.17 bits per heavy atom. The van der Waals surface area contributed by atoms with Crippen molar-refractivity contribution in [3.8, 4) is 22.4 Å². The van der Waals surface area contributed by atoms with Crippen molar-refractivity contribution >= 4 is 16.6 Å². The van der Waals surface area contributed by atoms with Gasteiger partial charge >= 0.3 is 0 Å². The molecule has 0 saturated carbocycles. The van der Waals surface area contributed by atoms with Crippen LogP contribution < -0.4 is 0 Å². The maximum Gasteiger partial charge on any atom is 0.197 e. The molecule has 4 rings (SSSR count). The number of aromatic nitrogens is 4. The largest absolute Gasteiger partial charge is 0.278 e. The molecular weight excluding hydrogens is 298 g/mol. The molecule has 0 aliphatic carbocycles. The van der Waals surface area contributed by atoms with Crippen LogP contribution in [0.2, 0.25) is 0 Å². The van der Waals surface area contributed by atoms with E-state index in [0.717, 1.165) is 38.9 Å². The van der Waals surface area contributed by atoms with Crippen LogP contribution in [0.3, 0.4) is 0 Å². The minimum absolute atomic E-state index is 0.623. The molecule has 24 heavy (non-hydrogen) atoms. The molecule has 1 N–H and O–H groups in total. The fourth-order valence-electron chi connectivity index (χ4n) is 3.00. The number of rotatable bonds is 2. The molecule has 2 heterocycles. The second kappa shape index (κ2) is 5.36. The summed E-state index contributed by atoms with van der Waals surface area (Å²) in [7, 11) is 1.88. The molecule has 5 nitrogen and oxygen atoms in total. The predicted molar refractivity (Wildman–Crippen MR) is 94.7 cm³/mol. The van der Waals surface area contributed by atoms with Crippen LogP contribution in [0.15, 0.2) is 48.8 Å². The molecule has 0 aliphatic heterocycles. The number of aromatic amines is 1.